The van der Waals surface area contributed by atoms with Crippen molar-refractivity contribution in [3.63, 3.8) is 0 Å². The highest BCUT2D eigenvalue weighted by Gasteiger charge is 2.30. The molecule has 1 aliphatic rings. The maximum Gasteiger partial charge on any atom is 0.245 e. The molecule has 228 valence electrons. The van der Waals surface area contributed by atoms with Gasteiger partial charge in [-0.3, -0.25) is 4.79 Å². The summed E-state index contributed by atoms with van der Waals surface area (Å²) in [6.07, 6.45) is 5.31. The van der Waals surface area contributed by atoms with Crippen molar-refractivity contribution < 1.29 is 31.8 Å². The molecule has 1 N–H and O–H groups in total. The standard InChI is InChI=1S/C30H44FN3O6S/c1-33(2)30(24-10-12-25(31)13-11-24)23-8-6-22(7-9-23)16-17-32-29(35)21-40-19-18-34(3)41(36,37)26-14-15-27(38-4)28(20-26)39-5/h10-15,20,22-23,30H,6-9,16-19,21H2,1-5H3,(H,32,35). The van der Waals surface area contributed by atoms with Crippen LogP contribution < -0.4 is 14.8 Å². The Balaban J connectivity index is 1.34. The molecule has 1 saturated carbocycles. The van der Waals surface area contributed by atoms with Crippen molar-refractivity contribution in [2.45, 2.75) is 43.0 Å². The summed E-state index contributed by atoms with van der Waals surface area (Å²) in [5, 5.41) is 2.92. The molecule has 1 fully saturated rings. The summed E-state index contributed by atoms with van der Waals surface area (Å²) in [7, 11) is 4.79. The van der Waals surface area contributed by atoms with Crippen molar-refractivity contribution in [3.05, 3.63) is 53.8 Å². The van der Waals surface area contributed by atoms with Crippen LogP contribution in [-0.2, 0) is 19.6 Å². The molecule has 1 atom stereocenters. The van der Waals surface area contributed by atoms with Crippen molar-refractivity contribution in [3.8, 4) is 11.5 Å². The van der Waals surface area contributed by atoms with E-state index in [9.17, 15) is 17.6 Å². The molecule has 0 aliphatic heterocycles. The van der Waals surface area contributed by atoms with Gasteiger partial charge in [-0.15, -0.1) is 0 Å². The van der Waals surface area contributed by atoms with Gasteiger partial charge in [0.15, 0.2) is 11.5 Å². The Morgan fingerprint density at radius 2 is 1.66 bits per heavy atom. The first kappa shape index (κ1) is 32.8. The van der Waals surface area contributed by atoms with E-state index in [2.05, 4.69) is 24.3 Å². The van der Waals surface area contributed by atoms with Gasteiger partial charge >= 0.3 is 0 Å². The number of carbonyl (C=O) groups is 1. The number of nitrogens with zero attached hydrogens (tertiary/aromatic N) is 2. The third kappa shape index (κ3) is 9.13. The summed E-state index contributed by atoms with van der Waals surface area (Å²) in [4.78, 5) is 14.6. The maximum atomic E-state index is 13.4. The minimum absolute atomic E-state index is 0.0807. The van der Waals surface area contributed by atoms with E-state index in [4.69, 9.17) is 14.2 Å². The smallest absolute Gasteiger partial charge is 0.245 e. The van der Waals surface area contributed by atoms with E-state index >= 15 is 0 Å². The number of hydrogen-bond donors (Lipinski definition) is 1. The molecule has 1 unspecified atom stereocenters. The van der Waals surface area contributed by atoms with Crippen LogP contribution >= 0.6 is 0 Å². The molecule has 9 nitrogen and oxygen atoms in total. The number of sulfonamides is 1. The van der Waals surface area contributed by atoms with Gasteiger partial charge in [0.25, 0.3) is 0 Å². The van der Waals surface area contributed by atoms with Crippen LogP contribution in [0.4, 0.5) is 4.39 Å². The summed E-state index contributed by atoms with van der Waals surface area (Å²) in [5.41, 5.74) is 1.15. The first-order valence-electron chi connectivity index (χ1n) is 14.0. The number of rotatable bonds is 15. The highest BCUT2D eigenvalue weighted by Crippen LogP contribution is 2.40. The summed E-state index contributed by atoms with van der Waals surface area (Å²) in [6.45, 7) is 0.639. The van der Waals surface area contributed by atoms with Crippen molar-refractivity contribution >= 4 is 15.9 Å². The molecule has 41 heavy (non-hydrogen) atoms. The third-order valence-electron chi connectivity index (χ3n) is 7.83. The van der Waals surface area contributed by atoms with Gasteiger partial charge in [0.1, 0.15) is 12.4 Å². The molecule has 0 aromatic heterocycles. The molecule has 2 aromatic rings. The Kier molecular flexibility index (Phi) is 12.4. The van der Waals surface area contributed by atoms with Crippen LogP contribution in [0.5, 0.6) is 11.5 Å². The van der Waals surface area contributed by atoms with Gasteiger partial charge in [0.05, 0.1) is 25.7 Å². The predicted molar refractivity (Wildman–Crippen MR) is 156 cm³/mol. The molecule has 11 heteroatoms. The predicted octanol–water partition coefficient (Wildman–Crippen LogP) is 4.10. The van der Waals surface area contributed by atoms with Crippen molar-refractivity contribution in [1.29, 1.82) is 0 Å². The SMILES string of the molecule is COc1ccc(S(=O)(=O)N(C)CCOCC(=O)NCCC2CCC(C(c3ccc(F)cc3)N(C)C)CC2)cc1OC. The molecular weight excluding hydrogens is 549 g/mol. The highest BCUT2D eigenvalue weighted by atomic mass is 32.2. The average Bonchev–Trinajstić information content (AvgIpc) is 2.96. The van der Waals surface area contributed by atoms with E-state index in [1.54, 1.807) is 6.07 Å². The van der Waals surface area contributed by atoms with Gasteiger partial charge in [0.2, 0.25) is 15.9 Å². The Bertz CT molecular complexity index is 1220. The highest BCUT2D eigenvalue weighted by molar-refractivity contribution is 7.89. The molecule has 1 amide bonds. The van der Waals surface area contributed by atoms with Gasteiger partial charge in [0, 0.05) is 32.2 Å². The Morgan fingerprint density at radius 3 is 2.27 bits per heavy atom. The minimum Gasteiger partial charge on any atom is -0.493 e. The molecule has 0 spiro atoms. The molecule has 0 radical (unpaired) electrons. The van der Waals surface area contributed by atoms with Gasteiger partial charge in [-0.1, -0.05) is 25.0 Å². The van der Waals surface area contributed by atoms with Crippen LogP contribution in [0, 0.1) is 17.7 Å². The fourth-order valence-corrected chi connectivity index (χ4v) is 6.72. The molecule has 0 bridgehead atoms. The number of ether oxygens (including phenoxy) is 3. The van der Waals surface area contributed by atoms with Crippen LogP contribution in [0.25, 0.3) is 0 Å². The Hall–Kier alpha value is -2.73. The fraction of sp³-hybridized carbons (Fsp3) is 0.567. The summed E-state index contributed by atoms with van der Waals surface area (Å²) < 4.78 is 56.1. The van der Waals surface area contributed by atoms with E-state index in [1.165, 1.54) is 49.8 Å². The second kappa shape index (κ2) is 15.5. The number of halogens is 1. The Labute approximate surface area is 244 Å². The number of hydrogen-bond acceptors (Lipinski definition) is 7. The number of amides is 1. The fourth-order valence-electron chi connectivity index (χ4n) is 5.55. The van der Waals surface area contributed by atoms with Gasteiger partial charge in [-0.05, 0) is 75.0 Å². The number of benzene rings is 2. The number of methoxy groups -OCH3 is 2. The van der Waals surface area contributed by atoms with Gasteiger partial charge in [-0.2, -0.15) is 4.31 Å². The first-order valence-corrected chi connectivity index (χ1v) is 15.5. The van der Waals surface area contributed by atoms with E-state index < -0.39 is 10.0 Å². The van der Waals surface area contributed by atoms with Crippen molar-refractivity contribution in [1.82, 2.24) is 14.5 Å². The quantitative estimate of drug-likeness (QED) is 0.311. The minimum atomic E-state index is -3.76. The summed E-state index contributed by atoms with van der Waals surface area (Å²) in [5.74, 6) is 1.41. The third-order valence-corrected chi connectivity index (χ3v) is 9.68. The van der Waals surface area contributed by atoms with E-state index in [0.717, 1.165) is 37.7 Å². The maximum absolute atomic E-state index is 13.4. The van der Waals surface area contributed by atoms with Crippen LogP contribution in [0.15, 0.2) is 47.4 Å². The summed E-state index contributed by atoms with van der Waals surface area (Å²) in [6, 6.07) is 11.5. The molecule has 2 aromatic carbocycles. The normalized spacial score (nSPS) is 18.3. The van der Waals surface area contributed by atoms with E-state index in [1.807, 2.05) is 12.1 Å². The second-order valence-electron chi connectivity index (χ2n) is 10.8. The Morgan fingerprint density at radius 1 is 1.00 bits per heavy atom. The molecule has 0 heterocycles. The number of carbonyl (C=O) groups excluding carboxylic acids is 1. The second-order valence-corrected chi connectivity index (χ2v) is 12.8. The lowest BCUT2D eigenvalue weighted by molar-refractivity contribution is -0.125. The zero-order valence-corrected chi connectivity index (χ0v) is 25.6. The molecule has 0 saturated heterocycles. The number of likely N-dealkylation sites (N-methyl/N-ethyl adjacent to an activating group) is 1. The average molecular weight is 594 g/mol. The van der Waals surface area contributed by atoms with Crippen molar-refractivity contribution in [2.75, 3.05) is 61.7 Å². The van der Waals surface area contributed by atoms with Gasteiger partial charge < -0.3 is 24.4 Å². The molecule has 3 rings (SSSR count). The monoisotopic (exact) mass is 593 g/mol. The van der Waals surface area contributed by atoms with Crippen molar-refractivity contribution in [2.24, 2.45) is 11.8 Å². The zero-order valence-electron chi connectivity index (χ0n) is 24.8. The largest absolute Gasteiger partial charge is 0.493 e. The number of nitrogens with one attached hydrogen (secondary N) is 1. The van der Waals surface area contributed by atoms with Gasteiger partial charge in [-0.25, -0.2) is 12.8 Å². The van der Waals surface area contributed by atoms with Crippen LogP contribution in [0.1, 0.15) is 43.7 Å². The lowest BCUT2D eigenvalue weighted by atomic mass is 9.75. The lowest BCUT2D eigenvalue weighted by Crippen LogP contribution is -2.34. The van der Waals surface area contributed by atoms with E-state index in [0.29, 0.717) is 29.9 Å². The topological polar surface area (TPSA) is 97.4 Å². The lowest BCUT2D eigenvalue weighted by Gasteiger charge is -2.37. The molecular formula is C30H44FN3O6S. The summed E-state index contributed by atoms with van der Waals surface area (Å²) >= 11 is 0. The van der Waals surface area contributed by atoms with Crippen LogP contribution in [0.2, 0.25) is 0 Å². The molecule has 1 aliphatic carbocycles. The van der Waals surface area contributed by atoms with E-state index in [-0.39, 0.29) is 42.4 Å². The zero-order chi connectivity index (χ0) is 30.0. The first-order chi connectivity index (χ1) is 19.6. The van der Waals surface area contributed by atoms with Crippen LogP contribution in [-0.4, -0.2) is 85.2 Å². The van der Waals surface area contributed by atoms with Crippen LogP contribution in [0.3, 0.4) is 0 Å².